The minimum absolute atomic E-state index is 0.221. The summed E-state index contributed by atoms with van der Waals surface area (Å²) in [5, 5.41) is 2.43. The van der Waals surface area contributed by atoms with Crippen molar-refractivity contribution in [2.75, 3.05) is 13.2 Å². The van der Waals surface area contributed by atoms with Crippen molar-refractivity contribution in [3.05, 3.63) is 0 Å². The van der Waals surface area contributed by atoms with Crippen molar-refractivity contribution in [3.63, 3.8) is 0 Å². The van der Waals surface area contributed by atoms with Crippen molar-refractivity contribution in [3.8, 4) is 0 Å². The molecule has 1 N–H and O–H groups in total. The zero-order valence-corrected chi connectivity index (χ0v) is 6.45. The molecule has 5 heteroatoms. The molecular formula is C7H10F3NO. The molecule has 0 spiro atoms. The van der Waals surface area contributed by atoms with Gasteiger partial charge in [-0.15, -0.1) is 0 Å². The van der Waals surface area contributed by atoms with Crippen molar-refractivity contribution in [2.45, 2.75) is 24.8 Å². The number of Topliss-reactive ketones (excluding diaryl/α,β-unsaturated/α-hetero) is 1. The molecule has 1 fully saturated rings. The second-order valence-corrected chi connectivity index (χ2v) is 2.89. The summed E-state index contributed by atoms with van der Waals surface area (Å²) in [7, 11) is 0. The molecule has 1 aliphatic heterocycles. The van der Waals surface area contributed by atoms with Crippen LogP contribution < -0.4 is 5.32 Å². The van der Waals surface area contributed by atoms with E-state index in [0.717, 1.165) is 0 Å². The average molecular weight is 181 g/mol. The number of ketones is 1. The van der Waals surface area contributed by atoms with E-state index < -0.39 is 18.6 Å². The molecule has 0 bridgehead atoms. The van der Waals surface area contributed by atoms with Crippen LogP contribution in [-0.2, 0) is 4.79 Å². The number of nitrogens with one attached hydrogen (secondary N) is 1. The van der Waals surface area contributed by atoms with E-state index in [1.807, 2.05) is 0 Å². The summed E-state index contributed by atoms with van der Waals surface area (Å²) in [5.41, 5.74) is 0. The molecule has 0 aromatic rings. The van der Waals surface area contributed by atoms with Gasteiger partial charge in [0.15, 0.2) is 6.67 Å². The Morgan fingerprint density at radius 1 is 1.58 bits per heavy atom. The molecule has 0 aliphatic carbocycles. The minimum Gasteiger partial charge on any atom is -0.308 e. The SMILES string of the molecule is O=C1CCNC(C(F)(F)CF)C1. The molecule has 0 aromatic heterocycles. The maximum absolute atomic E-state index is 12.6. The fraction of sp³-hybridized carbons (Fsp3) is 0.857. The second kappa shape index (κ2) is 3.43. The van der Waals surface area contributed by atoms with Crippen LogP contribution in [0.1, 0.15) is 12.8 Å². The Morgan fingerprint density at radius 2 is 2.25 bits per heavy atom. The fourth-order valence-electron chi connectivity index (χ4n) is 1.18. The van der Waals surface area contributed by atoms with Crippen LogP contribution in [0.15, 0.2) is 0 Å². The van der Waals surface area contributed by atoms with Gasteiger partial charge in [0.05, 0.1) is 6.04 Å². The van der Waals surface area contributed by atoms with E-state index >= 15 is 0 Å². The normalized spacial score (nSPS) is 25.9. The second-order valence-electron chi connectivity index (χ2n) is 2.89. The van der Waals surface area contributed by atoms with Crippen molar-refractivity contribution in [1.82, 2.24) is 5.32 Å². The maximum atomic E-state index is 12.6. The number of alkyl halides is 3. The smallest absolute Gasteiger partial charge is 0.291 e. The number of rotatable bonds is 2. The van der Waals surface area contributed by atoms with E-state index in [4.69, 9.17) is 0 Å². The van der Waals surface area contributed by atoms with Crippen molar-refractivity contribution in [2.24, 2.45) is 0 Å². The molecule has 0 amide bonds. The predicted molar refractivity (Wildman–Crippen MR) is 37.0 cm³/mol. The number of carbonyl (C=O) groups is 1. The third-order valence-electron chi connectivity index (χ3n) is 1.91. The first kappa shape index (κ1) is 9.51. The Balaban J connectivity index is 2.56. The molecular weight excluding hydrogens is 171 g/mol. The van der Waals surface area contributed by atoms with Crippen LogP contribution in [0.3, 0.4) is 0 Å². The Kier molecular flexibility index (Phi) is 2.72. The van der Waals surface area contributed by atoms with Gasteiger partial charge in [-0.05, 0) is 0 Å². The summed E-state index contributed by atoms with van der Waals surface area (Å²) in [6.45, 7) is -1.49. The summed E-state index contributed by atoms with van der Waals surface area (Å²) in [5.74, 6) is -3.64. The maximum Gasteiger partial charge on any atom is 0.291 e. The van der Waals surface area contributed by atoms with E-state index in [0.29, 0.717) is 0 Å². The molecule has 1 atom stereocenters. The highest BCUT2D eigenvalue weighted by atomic mass is 19.3. The minimum atomic E-state index is -3.41. The topological polar surface area (TPSA) is 29.1 Å². The first-order valence-corrected chi connectivity index (χ1v) is 3.75. The number of carbonyl (C=O) groups excluding carboxylic acids is 1. The lowest BCUT2D eigenvalue weighted by Crippen LogP contribution is -2.51. The van der Waals surface area contributed by atoms with E-state index in [-0.39, 0.29) is 25.2 Å². The van der Waals surface area contributed by atoms with Gasteiger partial charge < -0.3 is 5.32 Å². The van der Waals surface area contributed by atoms with Gasteiger partial charge >= 0.3 is 0 Å². The Hall–Kier alpha value is -0.580. The standard InChI is InChI=1S/C7H10F3NO/c8-4-7(9,10)6-3-5(12)1-2-11-6/h6,11H,1-4H2. The molecule has 70 valence electrons. The van der Waals surface area contributed by atoms with Gasteiger partial charge in [0.2, 0.25) is 0 Å². The summed E-state index contributed by atoms with van der Waals surface area (Å²) in [6.07, 6.45) is -0.00418. The third kappa shape index (κ3) is 1.97. The van der Waals surface area contributed by atoms with Gasteiger partial charge in [0.1, 0.15) is 5.78 Å². The zero-order valence-electron chi connectivity index (χ0n) is 6.45. The van der Waals surface area contributed by atoms with E-state index in [1.54, 1.807) is 0 Å². The molecule has 1 saturated heterocycles. The number of halogens is 3. The lowest BCUT2D eigenvalue weighted by molar-refractivity contribution is -0.126. The molecule has 12 heavy (non-hydrogen) atoms. The predicted octanol–water partition coefficient (Wildman–Crippen LogP) is 0.912. The lowest BCUT2D eigenvalue weighted by Gasteiger charge is -2.28. The lowest BCUT2D eigenvalue weighted by atomic mass is 9.99. The molecule has 1 unspecified atom stereocenters. The monoisotopic (exact) mass is 181 g/mol. The van der Waals surface area contributed by atoms with Crippen LogP contribution in [0, 0.1) is 0 Å². The van der Waals surface area contributed by atoms with Crippen molar-refractivity contribution < 1.29 is 18.0 Å². The van der Waals surface area contributed by atoms with Gasteiger partial charge in [0, 0.05) is 19.4 Å². The average Bonchev–Trinajstić information content (AvgIpc) is 2.05. The van der Waals surface area contributed by atoms with E-state index in [9.17, 15) is 18.0 Å². The molecule has 1 rings (SSSR count). The van der Waals surface area contributed by atoms with Gasteiger partial charge in [0.25, 0.3) is 5.92 Å². The Labute approximate surface area is 68.1 Å². The van der Waals surface area contributed by atoms with Gasteiger partial charge in [-0.1, -0.05) is 0 Å². The van der Waals surface area contributed by atoms with Crippen LogP contribution in [0.5, 0.6) is 0 Å². The van der Waals surface area contributed by atoms with Crippen LogP contribution in [-0.4, -0.2) is 31.0 Å². The van der Waals surface area contributed by atoms with Crippen LogP contribution in [0.2, 0.25) is 0 Å². The summed E-state index contributed by atoms with van der Waals surface area (Å²) >= 11 is 0. The summed E-state index contributed by atoms with van der Waals surface area (Å²) in [6, 6.07) is -1.32. The van der Waals surface area contributed by atoms with Crippen LogP contribution >= 0.6 is 0 Å². The van der Waals surface area contributed by atoms with Crippen molar-refractivity contribution >= 4 is 5.78 Å². The fourth-order valence-corrected chi connectivity index (χ4v) is 1.18. The zero-order chi connectivity index (χ0) is 9.19. The van der Waals surface area contributed by atoms with Crippen LogP contribution in [0.25, 0.3) is 0 Å². The highest BCUT2D eigenvalue weighted by molar-refractivity contribution is 5.80. The Bertz CT molecular complexity index is 183. The third-order valence-corrected chi connectivity index (χ3v) is 1.91. The number of hydrogen-bond donors (Lipinski definition) is 1. The quantitative estimate of drug-likeness (QED) is 0.686. The summed E-state index contributed by atoms with van der Waals surface area (Å²) < 4.78 is 37.0. The molecule has 0 saturated carbocycles. The first-order chi connectivity index (χ1) is 5.56. The number of piperidine rings is 1. The Morgan fingerprint density at radius 3 is 2.75 bits per heavy atom. The molecule has 1 heterocycles. The molecule has 2 nitrogen and oxygen atoms in total. The van der Waals surface area contributed by atoms with Gasteiger partial charge in [-0.3, -0.25) is 4.79 Å². The summed E-state index contributed by atoms with van der Waals surface area (Å²) in [4.78, 5) is 10.7. The van der Waals surface area contributed by atoms with Crippen LogP contribution in [0.4, 0.5) is 13.2 Å². The van der Waals surface area contributed by atoms with Crippen molar-refractivity contribution in [1.29, 1.82) is 0 Å². The van der Waals surface area contributed by atoms with Gasteiger partial charge in [-0.25, -0.2) is 13.2 Å². The first-order valence-electron chi connectivity index (χ1n) is 3.75. The van der Waals surface area contributed by atoms with Gasteiger partial charge in [-0.2, -0.15) is 0 Å². The largest absolute Gasteiger partial charge is 0.308 e. The molecule has 0 radical (unpaired) electrons. The number of hydrogen-bond acceptors (Lipinski definition) is 2. The van der Waals surface area contributed by atoms with E-state index in [1.165, 1.54) is 0 Å². The highest BCUT2D eigenvalue weighted by Crippen LogP contribution is 2.23. The highest BCUT2D eigenvalue weighted by Gasteiger charge is 2.41. The molecule has 1 aliphatic rings. The van der Waals surface area contributed by atoms with E-state index in [2.05, 4.69) is 5.32 Å². The molecule has 0 aromatic carbocycles.